The fraction of sp³-hybridized carbons (Fsp3) is 0.357. The predicted molar refractivity (Wildman–Crippen MR) is 70.1 cm³/mol. The van der Waals surface area contributed by atoms with Crippen LogP contribution in [0.2, 0.25) is 0 Å². The van der Waals surface area contributed by atoms with Gasteiger partial charge in [-0.3, -0.25) is 10.0 Å². The summed E-state index contributed by atoms with van der Waals surface area (Å²) < 4.78 is 67.0. The fourth-order valence-corrected chi connectivity index (χ4v) is 2.13. The third-order valence-corrected chi connectivity index (χ3v) is 3.59. The van der Waals surface area contributed by atoms with E-state index in [1.54, 1.807) is 0 Å². The molecule has 1 heterocycles. The number of nitrogens with zero attached hydrogens (tertiary/aromatic N) is 3. The smallest absolute Gasteiger partial charge is 0.329 e. The standard InChI is InChI=1S/C14H10F5N3O3/c15-13(16)5-9(13)11(23)22(24)6-7-1-3-8(4-2-7)10-20-12(25-21-10)14(17,18)19/h1-4,9,24H,5-6H2. The maximum atomic E-state index is 12.8. The summed E-state index contributed by atoms with van der Waals surface area (Å²) in [7, 11) is 0. The van der Waals surface area contributed by atoms with Crippen molar-refractivity contribution in [3.05, 3.63) is 35.7 Å². The van der Waals surface area contributed by atoms with Crippen LogP contribution in [0.1, 0.15) is 17.9 Å². The molecule has 6 nitrogen and oxygen atoms in total. The third kappa shape index (κ3) is 3.60. The lowest BCUT2D eigenvalue weighted by Crippen LogP contribution is -2.30. The van der Waals surface area contributed by atoms with Crippen LogP contribution in [0.15, 0.2) is 28.8 Å². The second kappa shape index (κ2) is 5.76. The quantitative estimate of drug-likeness (QED) is 0.513. The van der Waals surface area contributed by atoms with Gasteiger partial charge in [-0.1, -0.05) is 29.4 Å². The Morgan fingerprint density at radius 1 is 1.32 bits per heavy atom. The number of rotatable bonds is 4. The van der Waals surface area contributed by atoms with Crippen molar-refractivity contribution in [2.45, 2.75) is 25.1 Å². The highest BCUT2D eigenvalue weighted by molar-refractivity contribution is 5.81. The van der Waals surface area contributed by atoms with Crippen LogP contribution in [0, 0.1) is 5.92 Å². The van der Waals surface area contributed by atoms with Crippen LogP contribution < -0.4 is 0 Å². The number of amides is 1. The van der Waals surface area contributed by atoms with Crippen molar-refractivity contribution < 1.29 is 36.5 Å². The molecule has 1 aliphatic carbocycles. The van der Waals surface area contributed by atoms with Gasteiger partial charge < -0.3 is 4.52 Å². The predicted octanol–water partition coefficient (Wildman–Crippen LogP) is 3.13. The maximum Gasteiger partial charge on any atom is 0.471 e. The number of alkyl halides is 5. The molecule has 0 aliphatic heterocycles. The van der Waals surface area contributed by atoms with Crippen LogP contribution in [0.4, 0.5) is 22.0 Å². The number of carbonyl (C=O) groups is 1. The summed E-state index contributed by atoms with van der Waals surface area (Å²) in [5.74, 6) is -7.45. The molecule has 1 unspecified atom stereocenters. The van der Waals surface area contributed by atoms with Crippen molar-refractivity contribution in [3.8, 4) is 11.4 Å². The Bertz CT molecular complexity index is 788. The number of carbonyl (C=O) groups excluding carboxylic acids is 1. The largest absolute Gasteiger partial charge is 0.471 e. The first kappa shape index (κ1) is 17.3. The van der Waals surface area contributed by atoms with Gasteiger partial charge >= 0.3 is 12.1 Å². The van der Waals surface area contributed by atoms with Gasteiger partial charge in [0, 0.05) is 12.0 Å². The van der Waals surface area contributed by atoms with Crippen LogP contribution in [0.5, 0.6) is 0 Å². The molecule has 11 heteroatoms. The van der Waals surface area contributed by atoms with Crippen LogP contribution in [-0.4, -0.2) is 32.2 Å². The Morgan fingerprint density at radius 3 is 2.40 bits per heavy atom. The summed E-state index contributed by atoms with van der Waals surface area (Å²) in [6.45, 7) is -0.342. The molecule has 0 radical (unpaired) electrons. The summed E-state index contributed by atoms with van der Waals surface area (Å²) in [6, 6.07) is 5.48. The van der Waals surface area contributed by atoms with Gasteiger partial charge in [0.25, 0.3) is 11.8 Å². The van der Waals surface area contributed by atoms with Gasteiger partial charge in [0.2, 0.25) is 5.82 Å². The Balaban J connectivity index is 1.66. The molecule has 1 aromatic carbocycles. The Labute approximate surface area is 136 Å². The number of hydroxylamine groups is 2. The van der Waals surface area contributed by atoms with E-state index in [0.29, 0.717) is 5.56 Å². The molecule has 1 atom stereocenters. The van der Waals surface area contributed by atoms with Crippen molar-refractivity contribution in [1.82, 2.24) is 15.2 Å². The summed E-state index contributed by atoms with van der Waals surface area (Å²) in [5.41, 5.74) is 0.593. The molecule has 134 valence electrons. The average Bonchev–Trinajstić information content (AvgIpc) is 2.96. The molecule has 1 fully saturated rings. The monoisotopic (exact) mass is 363 g/mol. The maximum absolute atomic E-state index is 12.8. The molecule has 0 saturated heterocycles. The molecule has 1 N–H and O–H groups in total. The van der Waals surface area contributed by atoms with Crippen LogP contribution in [0.3, 0.4) is 0 Å². The fourth-order valence-electron chi connectivity index (χ4n) is 2.13. The van der Waals surface area contributed by atoms with Crippen molar-refractivity contribution in [3.63, 3.8) is 0 Å². The molecule has 25 heavy (non-hydrogen) atoms. The summed E-state index contributed by atoms with van der Waals surface area (Å²) in [4.78, 5) is 14.8. The van der Waals surface area contributed by atoms with Crippen molar-refractivity contribution in [2.24, 2.45) is 5.92 Å². The first-order valence-corrected chi connectivity index (χ1v) is 6.96. The zero-order valence-corrected chi connectivity index (χ0v) is 12.3. The molecule has 1 amide bonds. The molecule has 3 rings (SSSR count). The Hall–Kier alpha value is -2.56. The highest BCUT2D eigenvalue weighted by atomic mass is 19.4. The molecular weight excluding hydrogens is 353 g/mol. The van der Waals surface area contributed by atoms with Gasteiger partial charge in [-0.15, -0.1) is 0 Å². The Morgan fingerprint density at radius 2 is 1.92 bits per heavy atom. The van der Waals surface area contributed by atoms with E-state index in [-0.39, 0.29) is 23.0 Å². The van der Waals surface area contributed by atoms with Gasteiger partial charge in [0.1, 0.15) is 5.92 Å². The van der Waals surface area contributed by atoms with E-state index in [0.717, 1.165) is 0 Å². The van der Waals surface area contributed by atoms with E-state index in [2.05, 4.69) is 14.7 Å². The van der Waals surface area contributed by atoms with Gasteiger partial charge in [-0.25, -0.2) is 13.8 Å². The molecule has 2 aromatic rings. The van der Waals surface area contributed by atoms with Gasteiger partial charge in [-0.05, 0) is 5.56 Å². The molecule has 1 aliphatic rings. The average molecular weight is 363 g/mol. The molecular formula is C14H10F5N3O3. The first-order valence-electron chi connectivity index (χ1n) is 6.96. The minimum Gasteiger partial charge on any atom is -0.329 e. The SMILES string of the molecule is O=C(C1CC1(F)F)N(O)Cc1ccc(-c2noc(C(F)(F)F)n2)cc1. The van der Waals surface area contributed by atoms with E-state index in [9.17, 15) is 32.0 Å². The zero-order chi connectivity index (χ0) is 18.4. The van der Waals surface area contributed by atoms with Crippen molar-refractivity contribution in [2.75, 3.05) is 0 Å². The molecule has 1 saturated carbocycles. The van der Waals surface area contributed by atoms with Gasteiger partial charge in [-0.2, -0.15) is 18.2 Å². The van der Waals surface area contributed by atoms with E-state index in [1.807, 2.05) is 0 Å². The lowest BCUT2D eigenvalue weighted by atomic mass is 10.1. The topological polar surface area (TPSA) is 79.5 Å². The van der Waals surface area contributed by atoms with Crippen LogP contribution in [0.25, 0.3) is 11.4 Å². The van der Waals surface area contributed by atoms with Gasteiger partial charge in [0.05, 0.1) is 6.54 Å². The number of aromatic nitrogens is 2. The van der Waals surface area contributed by atoms with Crippen molar-refractivity contribution in [1.29, 1.82) is 0 Å². The number of hydrogen-bond acceptors (Lipinski definition) is 5. The normalized spacial score (nSPS) is 18.9. The lowest BCUT2D eigenvalue weighted by Gasteiger charge is -2.14. The van der Waals surface area contributed by atoms with E-state index in [4.69, 9.17) is 0 Å². The van der Waals surface area contributed by atoms with E-state index in [1.165, 1.54) is 24.3 Å². The van der Waals surface area contributed by atoms with E-state index < -0.39 is 36.2 Å². The highest BCUT2D eigenvalue weighted by Crippen LogP contribution is 2.49. The second-order valence-electron chi connectivity index (χ2n) is 5.53. The summed E-state index contributed by atoms with van der Waals surface area (Å²) >= 11 is 0. The number of halogens is 5. The number of benzene rings is 1. The third-order valence-electron chi connectivity index (χ3n) is 3.59. The van der Waals surface area contributed by atoms with Crippen molar-refractivity contribution >= 4 is 5.91 Å². The number of hydrogen-bond donors (Lipinski definition) is 1. The molecule has 1 aromatic heterocycles. The Kier molecular flexibility index (Phi) is 3.98. The van der Waals surface area contributed by atoms with Gasteiger partial charge in [0.15, 0.2) is 0 Å². The minimum atomic E-state index is -4.76. The van der Waals surface area contributed by atoms with Crippen LogP contribution >= 0.6 is 0 Å². The second-order valence-corrected chi connectivity index (χ2v) is 5.53. The van der Waals surface area contributed by atoms with Crippen LogP contribution in [-0.2, 0) is 17.5 Å². The first-order chi connectivity index (χ1) is 11.6. The molecule has 0 spiro atoms. The van der Waals surface area contributed by atoms with E-state index >= 15 is 0 Å². The lowest BCUT2D eigenvalue weighted by molar-refractivity contribution is -0.171. The highest BCUT2D eigenvalue weighted by Gasteiger charge is 2.62. The zero-order valence-electron chi connectivity index (χ0n) is 12.3. The molecule has 0 bridgehead atoms. The summed E-state index contributed by atoms with van der Waals surface area (Å²) in [5, 5.41) is 13.0. The minimum absolute atomic E-state index is 0.191. The summed E-state index contributed by atoms with van der Waals surface area (Å²) in [6.07, 6.45) is -5.35.